The highest BCUT2D eigenvalue weighted by Crippen LogP contribution is 2.25. The number of nitrogens with zero attached hydrogens (tertiary/aromatic N) is 2. The molecule has 1 aromatic rings. The van der Waals surface area contributed by atoms with E-state index in [4.69, 9.17) is 11.6 Å². The van der Waals surface area contributed by atoms with E-state index in [0.717, 1.165) is 31.2 Å². The van der Waals surface area contributed by atoms with Crippen LogP contribution in [-0.4, -0.2) is 37.0 Å². The summed E-state index contributed by atoms with van der Waals surface area (Å²) in [6, 6.07) is 5.97. The third kappa shape index (κ3) is 2.98. The third-order valence-corrected chi connectivity index (χ3v) is 4.37. The molecule has 4 heteroatoms. The van der Waals surface area contributed by atoms with Gasteiger partial charge in [-0.3, -0.25) is 4.79 Å². The minimum atomic E-state index is -0.0653. The molecule has 21 heavy (non-hydrogen) atoms. The van der Waals surface area contributed by atoms with Crippen molar-refractivity contribution < 1.29 is 4.79 Å². The molecule has 1 aliphatic heterocycles. The van der Waals surface area contributed by atoms with E-state index in [9.17, 15) is 4.79 Å². The molecular weight excluding hydrogens is 284 g/mol. The summed E-state index contributed by atoms with van der Waals surface area (Å²) in [6.07, 6.45) is 7.79. The Kier molecular flexibility index (Phi) is 4.02. The molecule has 110 valence electrons. The highest BCUT2D eigenvalue weighted by molar-refractivity contribution is 6.30. The number of benzene rings is 1. The molecule has 1 aliphatic carbocycles. The molecule has 1 aromatic carbocycles. The summed E-state index contributed by atoms with van der Waals surface area (Å²) < 4.78 is 0. The number of hydrogen-bond donors (Lipinski definition) is 0. The molecule has 1 saturated heterocycles. The maximum atomic E-state index is 12.3. The molecule has 0 aromatic heterocycles. The zero-order valence-corrected chi connectivity index (χ0v) is 12.9. The summed E-state index contributed by atoms with van der Waals surface area (Å²) in [7, 11) is 0. The fourth-order valence-electron chi connectivity index (χ4n) is 2.90. The molecule has 1 fully saturated rings. The number of anilines is 1. The molecule has 0 saturated carbocycles. The van der Waals surface area contributed by atoms with Gasteiger partial charge in [0.2, 0.25) is 5.91 Å². The van der Waals surface area contributed by atoms with E-state index in [-0.39, 0.29) is 11.8 Å². The molecule has 1 amide bonds. The largest absolute Gasteiger partial charge is 0.368 e. The van der Waals surface area contributed by atoms with Gasteiger partial charge in [0.05, 0.1) is 5.92 Å². The van der Waals surface area contributed by atoms with Gasteiger partial charge in [-0.05, 0) is 24.6 Å². The van der Waals surface area contributed by atoms with Crippen LogP contribution in [0.2, 0.25) is 5.02 Å². The van der Waals surface area contributed by atoms with Crippen molar-refractivity contribution in [2.24, 2.45) is 5.92 Å². The molecule has 0 atom stereocenters. The van der Waals surface area contributed by atoms with Crippen LogP contribution in [0, 0.1) is 12.8 Å². The summed E-state index contributed by atoms with van der Waals surface area (Å²) in [5, 5.41) is 0.760. The molecule has 3 rings (SSSR count). The van der Waals surface area contributed by atoms with Crippen LogP contribution in [0.4, 0.5) is 5.69 Å². The molecule has 0 unspecified atom stereocenters. The minimum Gasteiger partial charge on any atom is -0.368 e. The Morgan fingerprint density at radius 3 is 2.48 bits per heavy atom. The van der Waals surface area contributed by atoms with Gasteiger partial charge in [-0.1, -0.05) is 42.0 Å². The summed E-state index contributed by atoms with van der Waals surface area (Å²) in [5.74, 6) is 0.145. The van der Waals surface area contributed by atoms with Crippen molar-refractivity contribution in [1.82, 2.24) is 4.90 Å². The van der Waals surface area contributed by atoms with Crippen molar-refractivity contribution in [1.29, 1.82) is 0 Å². The quantitative estimate of drug-likeness (QED) is 0.838. The number of halogens is 1. The first-order chi connectivity index (χ1) is 10.1. The Hall–Kier alpha value is -1.74. The van der Waals surface area contributed by atoms with E-state index >= 15 is 0 Å². The van der Waals surface area contributed by atoms with Crippen molar-refractivity contribution in [2.75, 3.05) is 31.1 Å². The lowest BCUT2D eigenvalue weighted by Crippen LogP contribution is -2.50. The van der Waals surface area contributed by atoms with Gasteiger partial charge >= 0.3 is 0 Å². The number of rotatable bonds is 2. The van der Waals surface area contributed by atoms with Crippen LogP contribution in [-0.2, 0) is 4.79 Å². The zero-order valence-electron chi connectivity index (χ0n) is 12.1. The van der Waals surface area contributed by atoms with Gasteiger partial charge in [-0.15, -0.1) is 0 Å². The Balaban J connectivity index is 1.65. The van der Waals surface area contributed by atoms with E-state index in [1.165, 1.54) is 11.3 Å². The summed E-state index contributed by atoms with van der Waals surface area (Å²) in [6.45, 7) is 5.34. The molecule has 2 aliphatic rings. The first-order valence-electron chi connectivity index (χ1n) is 7.30. The summed E-state index contributed by atoms with van der Waals surface area (Å²) >= 11 is 6.09. The monoisotopic (exact) mass is 302 g/mol. The van der Waals surface area contributed by atoms with Crippen LogP contribution in [0.5, 0.6) is 0 Å². The van der Waals surface area contributed by atoms with E-state index in [0.29, 0.717) is 0 Å². The van der Waals surface area contributed by atoms with Crippen molar-refractivity contribution >= 4 is 23.2 Å². The summed E-state index contributed by atoms with van der Waals surface area (Å²) in [5.41, 5.74) is 2.40. The van der Waals surface area contributed by atoms with E-state index in [1.807, 2.05) is 47.4 Å². The molecule has 3 nitrogen and oxygen atoms in total. The van der Waals surface area contributed by atoms with Crippen molar-refractivity contribution in [3.63, 3.8) is 0 Å². The van der Waals surface area contributed by atoms with E-state index in [1.54, 1.807) is 0 Å². The number of hydrogen-bond acceptors (Lipinski definition) is 2. The molecular formula is C17H19ClN2O. The van der Waals surface area contributed by atoms with E-state index < -0.39 is 0 Å². The lowest BCUT2D eigenvalue weighted by molar-refractivity contribution is -0.132. The average Bonchev–Trinajstić information content (AvgIpc) is 3.03. The number of piperazine rings is 1. The second-order valence-electron chi connectivity index (χ2n) is 5.54. The van der Waals surface area contributed by atoms with Crippen molar-refractivity contribution in [3.8, 4) is 0 Å². The predicted molar refractivity (Wildman–Crippen MR) is 86.8 cm³/mol. The molecule has 0 bridgehead atoms. The van der Waals surface area contributed by atoms with Crippen LogP contribution in [0.15, 0.2) is 42.5 Å². The number of carbonyl (C=O) groups is 1. The van der Waals surface area contributed by atoms with Crippen LogP contribution in [0.3, 0.4) is 0 Å². The average molecular weight is 303 g/mol. The van der Waals surface area contributed by atoms with Crippen molar-refractivity contribution in [2.45, 2.75) is 6.92 Å². The van der Waals surface area contributed by atoms with Crippen LogP contribution in [0.1, 0.15) is 5.56 Å². The van der Waals surface area contributed by atoms with E-state index in [2.05, 4.69) is 11.8 Å². The van der Waals surface area contributed by atoms with Crippen LogP contribution >= 0.6 is 11.6 Å². The zero-order chi connectivity index (χ0) is 14.8. The Bertz CT molecular complexity index is 589. The molecule has 0 radical (unpaired) electrons. The van der Waals surface area contributed by atoms with Gasteiger partial charge in [-0.25, -0.2) is 0 Å². The molecule has 1 heterocycles. The van der Waals surface area contributed by atoms with Gasteiger partial charge in [0.15, 0.2) is 0 Å². The number of amides is 1. The maximum Gasteiger partial charge on any atom is 0.233 e. The van der Waals surface area contributed by atoms with Crippen molar-refractivity contribution in [3.05, 3.63) is 53.1 Å². The lowest BCUT2D eigenvalue weighted by Gasteiger charge is -2.37. The number of aryl methyl sites for hydroxylation is 1. The number of allylic oxidation sites excluding steroid dienone is 2. The highest BCUT2D eigenvalue weighted by atomic mass is 35.5. The Morgan fingerprint density at radius 2 is 1.81 bits per heavy atom. The smallest absolute Gasteiger partial charge is 0.233 e. The Labute approximate surface area is 130 Å². The van der Waals surface area contributed by atoms with Gasteiger partial charge in [0, 0.05) is 36.9 Å². The fraction of sp³-hybridized carbons (Fsp3) is 0.353. The molecule has 0 N–H and O–H groups in total. The number of carbonyl (C=O) groups excluding carboxylic acids is 1. The maximum absolute atomic E-state index is 12.3. The normalized spacial score (nSPS) is 18.6. The second kappa shape index (κ2) is 5.94. The fourth-order valence-corrected chi connectivity index (χ4v) is 3.06. The first kappa shape index (κ1) is 14.2. The van der Waals surface area contributed by atoms with Crippen LogP contribution < -0.4 is 4.90 Å². The van der Waals surface area contributed by atoms with Gasteiger partial charge in [0.1, 0.15) is 0 Å². The molecule has 0 spiro atoms. The second-order valence-corrected chi connectivity index (χ2v) is 5.98. The van der Waals surface area contributed by atoms with Gasteiger partial charge in [0.25, 0.3) is 0 Å². The topological polar surface area (TPSA) is 23.6 Å². The predicted octanol–water partition coefficient (Wildman–Crippen LogP) is 3.04. The standard InChI is InChI=1S/C17H19ClN2O/c1-13-6-7-15(18)12-16(13)19-8-10-20(11-9-19)17(21)14-4-2-3-5-14/h2-7,12,14H,8-11H2,1H3. The van der Waals surface area contributed by atoms with Crippen LogP contribution in [0.25, 0.3) is 0 Å². The third-order valence-electron chi connectivity index (χ3n) is 4.14. The first-order valence-corrected chi connectivity index (χ1v) is 7.68. The SMILES string of the molecule is Cc1ccc(Cl)cc1N1CCN(C(=O)C2C=CC=C2)CC1. The Morgan fingerprint density at radius 1 is 1.14 bits per heavy atom. The highest BCUT2D eigenvalue weighted by Gasteiger charge is 2.26. The minimum absolute atomic E-state index is 0.0653. The van der Waals surface area contributed by atoms with Gasteiger partial charge in [-0.2, -0.15) is 0 Å². The lowest BCUT2D eigenvalue weighted by atomic mass is 10.1. The summed E-state index contributed by atoms with van der Waals surface area (Å²) in [4.78, 5) is 16.6. The van der Waals surface area contributed by atoms with Gasteiger partial charge < -0.3 is 9.80 Å².